The molecule has 0 heterocycles. The van der Waals surface area contributed by atoms with Crippen LogP contribution in [0.5, 0.6) is 0 Å². The van der Waals surface area contributed by atoms with E-state index in [1.54, 1.807) is 0 Å². The van der Waals surface area contributed by atoms with Gasteiger partial charge in [0.15, 0.2) is 0 Å². The van der Waals surface area contributed by atoms with E-state index in [4.69, 9.17) is 0 Å². The van der Waals surface area contributed by atoms with Gasteiger partial charge in [-0.15, -0.1) is 0 Å². The van der Waals surface area contributed by atoms with Crippen molar-refractivity contribution in [2.45, 2.75) is 83.8 Å². The van der Waals surface area contributed by atoms with Crippen molar-refractivity contribution in [3.05, 3.63) is 0 Å². The second-order valence-electron chi connectivity index (χ2n) is 6.39. The molecule has 0 spiro atoms. The van der Waals surface area contributed by atoms with E-state index in [0.717, 1.165) is 25.3 Å². The molecule has 17 heavy (non-hydrogen) atoms. The number of rotatable bonds is 6. The van der Waals surface area contributed by atoms with Crippen LogP contribution in [0.3, 0.4) is 0 Å². The average molecular weight is 241 g/mol. The zero-order valence-corrected chi connectivity index (χ0v) is 12.0. The molecule has 1 saturated carbocycles. The molecule has 1 atom stereocenters. The average Bonchev–Trinajstić information content (AvgIpc) is 2.49. The molecule has 0 aliphatic heterocycles. The molecule has 2 N–H and O–H groups in total. The van der Waals surface area contributed by atoms with E-state index in [2.05, 4.69) is 26.1 Å². The lowest BCUT2D eigenvalue weighted by Gasteiger charge is -2.29. The van der Waals surface area contributed by atoms with Crippen molar-refractivity contribution in [1.29, 1.82) is 0 Å². The minimum absolute atomic E-state index is 0.428. The van der Waals surface area contributed by atoms with Gasteiger partial charge in [-0.1, -0.05) is 39.5 Å². The van der Waals surface area contributed by atoms with Crippen LogP contribution in [-0.4, -0.2) is 23.3 Å². The summed E-state index contributed by atoms with van der Waals surface area (Å²) >= 11 is 0. The van der Waals surface area contributed by atoms with Crippen LogP contribution in [0.15, 0.2) is 0 Å². The Morgan fingerprint density at radius 2 is 1.59 bits per heavy atom. The molecule has 1 unspecified atom stereocenters. The Hall–Kier alpha value is -0.0800. The standard InChI is InChI=1S/C15H31NO/c1-13(2)8-9-14(3)16-12-15(17)10-6-4-5-7-11-15/h13-14,16-17H,4-12H2,1-3H3. The third kappa shape index (κ3) is 6.42. The smallest absolute Gasteiger partial charge is 0.0771 e. The Morgan fingerprint density at radius 1 is 1.00 bits per heavy atom. The van der Waals surface area contributed by atoms with Gasteiger partial charge in [-0.3, -0.25) is 0 Å². The first-order chi connectivity index (χ1) is 8.02. The van der Waals surface area contributed by atoms with Gasteiger partial charge < -0.3 is 10.4 Å². The lowest BCUT2D eigenvalue weighted by Crippen LogP contribution is -2.43. The fraction of sp³-hybridized carbons (Fsp3) is 1.00. The summed E-state index contributed by atoms with van der Waals surface area (Å²) in [6.45, 7) is 7.56. The number of nitrogens with one attached hydrogen (secondary N) is 1. The second-order valence-corrected chi connectivity index (χ2v) is 6.39. The molecule has 0 aromatic rings. The lowest BCUT2D eigenvalue weighted by molar-refractivity contribution is 0.0228. The fourth-order valence-electron chi connectivity index (χ4n) is 2.61. The summed E-state index contributed by atoms with van der Waals surface area (Å²) in [5.74, 6) is 0.778. The molecule has 0 radical (unpaired) electrons. The highest BCUT2D eigenvalue weighted by Crippen LogP contribution is 2.26. The molecule has 1 rings (SSSR count). The van der Waals surface area contributed by atoms with E-state index in [1.165, 1.54) is 38.5 Å². The van der Waals surface area contributed by atoms with Gasteiger partial charge in [0.25, 0.3) is 0 Å². The molecule has 0 saturated heterocycles. The molecule has 0 aromatic heterocycles. The van der Waals surface area contributed by atoms with E-state index in [0.29, 0.717) is 6.04 Å². The molecule has 0 bridgehead atoms. The normalized spacial score (nSPS) is 22.4. The summed E-state index contributed by atoms with van der Waals surface area (Å²) < 4.78 is 0. The van der Waals surface area contributed by atoms with E-state index >= 15 is 0 Å². The maximum absolute atomic E-state index is 10.5. The molecular weight excluding hydrogens is 210 g/mol. The van der Waals surface area contributed by atoms with Gasteiger partial charge in [-0.25, -0.2) is 0 Å². The first-order valence-corrected chi connectivity index (χ1v) is 7.48. The summed E-state index contributed by atoms with van der Waals surface area (Å²) in [7, 11) is 0. The Bertz CT molecular complexity index is 195. The predicted octanol–water partition coefficient (Wildman–Crippen LogP) is 3.49. The minimum atomic E-state index is -0.428. The molecule has 2 nitrogen and oxygen atoms in total. The van der Waals surface area contributed by atoms with E-state index in [9.17, 15) is 5.11 Å². The minimum Gasteiger partial charge on any atom is -0.389 e. The van der Waals surface area contributed by atoms with E-state index in [1.807, 2.05) is 0 Å². The Labute approximate surface area is 107 Å². The zero-order chi connectivity index (χ0) is 12.7. The van der Waals surface area contributed by atoms with Crippen molar-refractivity contribution in [2.24, 2.45) is 5.92 Å². The van der Waals surface area contributed by atoms with Crippen molar-refractivity contribution in [1.82, 2.24) is 5.32 Å². The quantitative estimate of drug-likeness (QED) is 0.698. The molecule has 0 amide bonds. The number of hydrogen-bond donors (Lipinski definition) is 2. The maximum atomic E-state index is 10.5. The van der Waals surface area contributed by atoms with Gasteiger partial charge in [0.2, 0.25) is 0 Å². The van der Waals surface area contributed by atoms with Crippen molar-refractivity contribution < 1.29 is 5.11 Å². The van der Waals surface area contributed by atoms with Crippen LogP contribution >= 0.6 is 0 Å². The molecule has 102 valence electrons. The van der Waals surface area contributed by atoms with Gasteiger partial charge in [0.1, 0.15) is 0 Å². The summed E-state index contributed by atoms with van der Waals surface area (Å²) in [5.41, 5.74) is -0.428. The summed E-state index contributed by atoms with van der Waals surface area (Å²) in [6.07, 6.45) is 9.43. The summed E-state index contributed by atoms with van der Waals surface area (Å²) in [6, 6.07) is 0.532. The number of hydrogen-bond acceptors (Lipinski definition) is 2. The fourth-order valence-corrected chi connectivity index (χ4v) is 2.61. The molecule has 1 aliphatic rings. The van der Waals surface area contributed by atoms with Gasteiger partial charge in [-0.2, -0.15) is 0 Å². The van der Waals surface area contributed by atoms with Gasteiger partial charge in [0, 0.05) is 12.6 Å². The van der Waals surface area contributed by atoms with Crippen molar-refractivity contribution in [2.75, 3.05) is 6.54 Å². The van der Waals surface area contributed by atoms with E-state index in [-0.39, 0.29) is 0 Å². The molecule has 1 aliphatic carbocycles. The predicted molar refractivity (Wildman–Crippen MR) is 74.2 cm³/mol. The first kappa shape index (κ1) is 15.0. The highest BCUT2D eigenvalue weighted by molar-refractivity contribution is 4.84. The highest BCUT2D eigenvalue weighted by atomic mass is 16.3. The maximum Gasteiger partial charge on any atom is 0.0771 e. The molecule has 2 heteroatoms. The van der Waals surface area contributed by atoms with Crippen LogP contribution in [0, 0.1) is 5.92 Å². The van der Waals surface area contributed by atoms with Crippen molar-refractivity contribution in [3.8, 4) is 0 Å². The van der Waals surface area contributed by atoms with Gasteiger partial charge in [0.05, 0.1) is 5.60 Å². The van der Waals surface area contributed by atoms with Gasteiger partial charge >= 0.3 is 0 Å². The van der Waals surface area contributed by atoms with Crippen LogP contribution in [-0.2, 0) is 0 Å². The van der Waals surface area contributed by atoms with Crippen LogP contribution in [0.2, 0.25) is 0 Å². The molecular formula is C15H31NO. The first-order valence-electron chi connectivity index (χ1n) is 7.48. The lowest BCUT2D eigenvalue weighted by atomic mass is 9.94. The van der Waals surface area contributed by atoms with Gasteiger partial charge in [-0.05, 0) is 38.5 Å². The number of aliphatic hydroxyl groups is 1. The third-order valence-electron chi connectivity index (χ3n) is 3.99. The van der Waals surface area contributed by atoms with Crippen LogP contribution in [0.25, 0.3) is 0 Å². The Morgan fingerprint density at radius 3 is 2.12 bits per heavy atom. The SMILES string of the molecule is CC(C)CCC(C)NCC1(O)CCCCCC1. The van der Waals surface area contributed by atoms with Crippen molar-refractivity contribution >= 4 is 0 Å². The van der Waals surface area contributed by atoms with Crippen LogP contribution < -0.4 is 5.32 Å². The Kier molecular flexibility index (Phi) is 6.50. The second kappa shape index (κ2) is 7.38. The van der Waals surface area contributed by atoms with E-state index < -0.39 is 5.60 Å². The largest absolute Gasteiger partial charge is 0.389 e. The van der Waals surface area contributed by atoms with Crippen molar-refractivity contribution in [3.63, 3.8) is 0 Å². The van der Waals surface area contributed by atoms with Crippen LogP contribution in [0.1, 0.15) is 72.1 Å². The monoisotopic (exact) mass is 241 g/mol. The molecule has 0 aromatic carbocycles. The summed E-state index contributed by atoms with van der Waals surface area (Å²) in [4.78, 5) is 0. The highest BCUT2D eigenvalue weighted by Gasteiger charge is 2.27. The zero-order valence-electron chi connectivity index (χ0n) is 12.0. The summed E-state index contributed by atoms with van der Waals surface area (Å²) in [5, 5.41) is 14.0. The van der Waals surface area contributed by atoms with Crippen LogP contribution in [0.4, 0.5) is 0 Å². The third-order valence-corrected chi connectivity index (χ3v) is 3.99. The Balaban J connectivity index is 2.22. The molecule has 1 fully saturated rings. The topological polar surface area (TPSA) is 32.3 Å².